The number of hydrogen-bond acceptors (Lipinski definition) is 6. The molecule has 2 aromatic heterocycles. The molecular formula is C14H19N3O3S. The molecule has 0 fully saturated rings. The summed E-state index contributed by atoms with van der Waals surface area (Å²) in [5.41, 5.74) is 0.884. The maximum absolute atomic E-state index is 12.1. The van der Waals surface area contributed by atoms with Gasteiger partial charge in [-0.05, 0) is 26.3 Å². The molecule has 0 saturated heterocycles. The van der Waals surface area contributed by atoms with E-state index in [1.54, 1.807) is 6.92 Å². The number of aryl methyl sites for hydroxylation is 2. The Balaban J connectivity index is 2.00. The van der Waals surface area contributed by atoms with Crippen molar-refractivity contribution in [1.82, 2.24) is 15.3 Å². The highest BCUT2D eigenvalue weighted by molar-refractivity contribution is 7.18. The number of nitrogens with one attached hydrogen (secondary N) is 2. The zero-order chi connectivity index (χ0) is 15.4. The first-order valence-corrected chi connectivity index (χ1v) is 7.69. The molecule has 0 bridgehead atoms. The molecule has 2 rings (SSSR count). The first-order valence-electron chi connectivity index (χ1n) is 6.88. The summed E-state index contributed by atoms with van der Waals surface area (Å²) in [7, 11) is 0. The van der Waals surface area contributed by atoms with Gasteiger partial charge in [-0.15, -0.1) is 11.3 Å². The zero-order valence-electron chi connectivity index (χ0n) is 12.4. The number of ether oxygens (including phenoxy) is 1. The van der Waals surface area contributed by atoms with Crippen LogP contribution in [0.4, 0.5) is 0 Å². The van der Waals surface area contributed by atoms with Gasteiger partial charge in [0.1, 0.15) is 10.7 Å². The third kappa shape index (κ3) is 3.68. The Morgan fingerprint density at radius 2 is 2.19 bits per heavy atom. The van der Waals surface area contributed by atoms with E-state index in [0.29, 0.717) is 37.3 Å². The number of fused-ring (bicyclic) bond motifs is 1. The Morgan fingerprint density at radius 3 is 2.90 bits per heavy atom. The first-order chi connectivity index (χ1) is 10.0. The van der Waals surface area contributed by atoms with Crippen molar-refractivity contribution in [2.45, 2.75) is 33.7 Å². The van der Waals surface area contributed by atoms with Crippen molar-refractivity contribution in [2.24, 2.45) is 0 Å². The summed E-state index contributed by atoms with van der Waals surface area (Å²) < 4.78 is 4.84. The van der Waals surface area contributed by atoms with Crippen molar-refractivity contribution in [3.05, 3.63) is 26.6 Å². The van der Waals surface area contributed by atoms with Crippen LogP contribution in [0.5, 0.6) is 0 Å². The van der Waals surface area contributed by atoms with E-state index in [0.717, 1.165) is 15.3 Å². The van der Waals surface area contributed by atoms with Crippen LogP contribution in [0.3, 0.4) is 0 Å². The van der Waals surface area contributed by atoms with Crippen molar-refractivity contribution < 1.29 is 9.53 Å². The molecule has 0 radical (unpaired) electrons. The third-order valence-corrected chi connectivity index (χ3v) is 4.29. The second kappa shape index (κ2) is 6.82. The van der Waals surface area contributed by atoms with Crippen LogP contribution in [0, 0.1) is 13.8 Å². The maximum atomic E-state index is 12.1. The molecule has 0 aliphatic rings. The average Bonchev–Trinajstić information content (AvgIpc) is 2.71. The number of carbonyl (C=O) groups is 1. The highest BCUT2D eigenvalue weighted by Crippen LogP contribution is 2.25. The number of carbonyl (C=O) groups excluding carboxylic acids is 1. The van der Waals surface area contributed by atoms with Gasteiger partial charge in [0.2, 0.25) is 0 Å². The highest BCUT2D eigenvalue weighted by atomic mass is 32.1. The van der Waals surface area contributed by atoms with Crippen molar-refractivity contribution >= 4 is 27.5 Å². The molecule has 2 aromatic rings. The number of hydrogen-bond donors (Lipinski definition) is 2. The van der Waals surface area contributed by atoms with E-state index in [9.17, 15) is 9.59 Å². The van der Waals surface area contributed by atoms with Crippen LogP contribution >= 0.6 is 11.3 Å². The Labute approximate surface area is 126 Å². The minimum absolute atomic E-state index is 0.107. The standard InChI is InChI=1S/C14H19N3O3S/c1-4-20-11(18)5-6-15-7-10-16-13(19)12-8(2)9(3)21-14(12)17-10/h15H,4-7H2,1-3H3,(H,16,17,19). The molecule has 0 amide bonds. The molecule has 0 aliphatic carbocycles. The summed E-state index contributed by atoms with van der Waals surface area (Å²) in [5.74, 6) is 0.351. The minimum atomic E-state index is -0.230. The summed E-state index contributed by atoms with van der Waals surface area (Å²) in [5, 5.41) is 3.75. The van der Waals surface area contributed by atoms with Crippen LogP contribution in [0.15, 0.2) is 4.79 Å². The van der Waals surface area contributed by atoms with E-state index in [2.05, 4.69) is 15.3 Å². The topological polar surface area (TPSA) is 84.1 Å². The van der Waals surface area contributed by atoms with Gasteiger partial charge in [-0.2, -0.15) is 0 Å². The van der Waals surface area contributed by atoms with Crippen LogP contribution in [0.1, 0.15) is 29.6 Å². The second-order valence-corrected chi connectivity index (χ2v) is 5.91. The van der Waals surface area contributed by atoms with Gasteiger partial charge < -0.3 is 15.0 Å². The normalized spacial score (nSPS) is 11.0. The van der Waals surface area contributed by atoms with Crippen LogP contribution in [-0.4, -0.2) is 29.1 Å². The Hall–Kier alpha value is -1.73. The van der Waals surface area contributed by atoms with Gasteiger partial charge in [-0.25, -0.2) is 4.98 Å². The van der Waals surface area contributed by atoms with E-state index in [4.69, 9.17) is 4.74 Å². The SMILES string of the molecule is CCOC(=O)CCNCc1nc2sc(C)c(C)c2c(=O)[nH]1. The van der Waals surface area contributed by atoms with Crippen molar-refractivity contribution in [2.75, 3.05) is 13.2 Å². The smallest absolute Gasteiger partial charge is 0.307 e. The first kappa shape index (κ1) is 15.7. The number of nitrogens with zero attached hydrogens (tertiary/aromatic N) is 1. The molecule has 21 heavy (non-hydrogen) atoms. The molecule has 0 aromatic carbocycles. The Kier molecular flexibility index (Phi) is 5.08. The monoisotopic (exact) mass is 309 g/mol. The number of aromatic nitrogens is 2. The van der Waals surface area contributed by atoms with Gasteiger partial charge in [0, 0.05) is 11.4 Å². The quantitative estimate of drug-likeness (QED) is 0.626. The zero-order valence-corrected chi connectivity index (χ0v) is 13.2. The summed E-state index contributed by atoms with van der Waals surface area (Å²) in [6, 6.07) is 0. The second-order valence-electron chi connectivity index (χ2n) is 4.71. The van der Waals surface area contributed by atoms with E-state index >= 15 is 0 Å². The van der Waals surface area contributed by atoms with Gasteiger partial charge in [-0.3, -0.25) is 9.59 Å². The number of esters is 1. The molecule has 0 aliphatic heterocycles. The number of thiophene rings is 1. The van der Waals surface area contributed by atoms with Crippen molar-refractivity contribution in [1.29, 1.82) is 0 Å². The predicted octanol–water partition coefficient (Wildman–Crippen LogP) is 1.64. The average molecular weight is 309 g/mol. The lowest BCUT2D eigenvalue weighted by Crippen LogP contribution is -2.22. The fourth-order valence-electron chi connectivity index (χ4n) is 2.01. The molecule has 2 N–H and O–H groups in total. The van der Waals surface area contributed by atoms with Crippen molar-refractivity contribution in [3.8, 4) is 0 Å². The number of H-pyrrole nitrogens is 1. The van der Waals surface area contributed by atoms with Crippen LogP contribution in [-0.2, 0) is 16.1 Å². The van der Waals surface area contributed by atoms with Gasteiger partial charge in [0.05, 0.1) is 25.0 Å². The lowest BCUT2D eigenvalue weighted by Gasteiger charge is -2.04. The van der Waals surface area contributed by atoms with Crippen molar-refractivity contribution in [3.63, 3.8) is 0 Å². The summed E-state index contributed by atoms with van der Waals surface area (Å²) >= 11 is 1.52. The molecular weight excluding hydrogens is 290 g/mol. The van der Waals surface area contributed by atoms with E-state index in [1.165, 1.54) is 11.3 Å². The van der Waals surface area contributed by atoms with E-state index < -0.39 is 0 Å². The number of aromatic amines is 1. The largest absolute Gasteiger partial charge is 0.466 e. The molecule has 6 nitrogen and oxygen atoms in total. The Morgan fingerprint density at radius 1 is 1.43 bits per heavy atom. The number of rotatable bonds is 6. The van der Waals surface area contributed by atoms with Gasteiger partial charge in [-0.1, -0.05) is 0 Å². The van der Waals surface area contributed by atoms with Gasteiger partial charge in [0.25, 0.3) is 5.56 Å². The maximum Gasteiger partial charge on any atom is 0.307 e. The molecule has 2 heterocycles. The van der Waals surface area contributed by atoms with E-state index in [1.807, 2.05) is 13.8 Å². The highest BCUT2D eigenvalue weighted by Gasteiger charge is 2.11. The van der Waals surface area contributed by atoms with E-state index in [-0.39, 0.29) is 11.5 Å². The molecule has 0 atom stereocenters. The van der Waals surface area contributed by atoms with Crippen LogP contribution in [0.25, 0.3) is 10.2 Å². The minimum Gasteiger partial charge on any atom is -0.466 e. The lowest BCUT2D eigenvalue weighted by atomic mass is 10.2. The van der Waals surface area contributed by atoms with Gasteiger partial charge in [0.15, 0.2) is 0 Å². The molecule has 0 unspecified atom stereocenters. The predicted molar refractivity (Wildman–Crippen MR) is 82.7 cm³/mol. The third-order valence-electron chi connectivity index (χ3n) is 3.19. The molecule has 0 saturated carbocycles. The Bertz CT molecular complexity index is 705. The lowest BCUT2D eigenvalue weighted by molar-refractivity contribution is -0.142. The van der Waals surface area contributed by atoms with Crippen LogP contribution in [0.2, 0.25) is 0 Å². The van der Waals surface area contributed by atoms with Gasteiger partial charge >= 0.3 is 5.97 Å². The summed E-state index contributed by atoms with van der Waals surface area (Å²) in [6.45, 7) is 6.99. The molecule has 0 spiro atoms. The van der Waals surface area contributed by atoms with Crippen LogP contribution < -0.4 is 10.9 Å². The fourth-order valence-corrected chi connectivity index (χ4v) is 3.06. The fraction of sp³-hybridized carbons (Fsp3) is 0.500. The molecule has 114 valence electrons. The summed E-state index contributed by atoms with van der Waals surface area (Å²) in [6.07, 6.45) is 0.303. The molecule has 7 heteroatoms. The summed E-state index contributed by atoms with van der Waals surface area (Å²) in [4.78, 5) is 32.4.